The molecule has 110 valence electrons. The van der Waals surface area contributed by atoms with Gasteiger partial charge in [-0.15, -0.1) is 0 Å². The van der Waals surface area contributed by atoms with Crippen molar-refractivity contribution in [2.45, 2.75) is 51.0 Å². The highest BCUT2D eigenvalue weighted by atomic mass is 16.2. The molecule has 1 aliphatic rings. The van der Waals surface area contributed by atoms with Crippen LogP contribution < -0.4 is 11.1 Å². The number of nitrogens with one attached hydrogen (secondary N) is 1. The van der Waals surface area contributed by atoms with Crippen LogP contribution in [0.3, 0.4) is 0 Å². The fourth-order valence-electron chi connectivity index (χ4n) is 3.27. The van der Waals surface area contributed by atoms with Crippen molar-refractivity contribution in [2.75, 3.05) is 6.54 Å². The molecule has 3 heteroatoms. The molecule has 1 amide bonds. The van der Waals surface area contributed by atoms with E-state index in [-0.39, 0.29) is 17.4 Å². The molecule has 1 aliphatic carbocycles. The van der Waals surface area contributed by atoms with E-state index in [1.165, 1.54) is 6.42 Å². The van der Waals surface area contributed by atoms with Gasteiger partial charge in [-0.2, -0.15) is 0 Å². The molecule has 0 heterocycles. The summed E-state index contributed by atoms with van der Waals surface area (Å²) >= 11 is 0. The summed E-state index contributed by atoms with van der Waals surface area (Å²) in [5.74, 6) is 0.604. The quantitative estimate of drug-likeness (QED) is 0.887. The largest absolute Gasteiger partial charge is 0.349 e. The Bertz CT molecular complexity index is 446. The summed E-state index contributed by atoms with van der Waals surface area (Å²) in [6.07, 6.45) is 4.39. The number of carbonyl (C=O) groups is 1. The van der Waals surface area contributed by atoms with Gasteiger partial charge in [-0.3, -0.25) is 4.79 Å². The SMILES string of the molecule is CC1CCCC(CN)(NC(=O)C(C)c2ccccc2)C1. The van der Waals surface area contributed by atoms with Crippen molar-refractivity contribution in [2.24, 2.45) is 11.7 Å². The molecule has 0 radical (unpaired) electrons. The second kappa shape index (κ2) is 6.40. The summed E-state index contributed by atoms with van der Waals surface area (Å²) in [4.78, 5) is 12.5. The van der Waals surface area contributed by atoms with E-state index in [0.29, 0.717) is 12.5 Å². The molecule has 2 rings (SSSR count). The number of carbonyl (C=O) groups excluding carboxylic acids is 1. The summed E-state index contributed by atoms with van der Waals surface area (Å²) < 4.78 is 0. The van der Waals surface area contributed by atoms with E-state index < -0.39 is 0 Å². The standard InChI is InChI=1S/C17H26N2O/c1-13-7-6-10-17(11-13,12-18)19-16(20)14(2)15-8-4-3-5-9-15/h3-5,8-9,13-14H,6-7,10-12,18H2,1-2H3,(H,19,20). The Morgan fingerprint density at radius 2 is 2.15 bits per heavy atom. The van der Waals surface area contributed by atoms with Gasteiger partial charge in [0.25, 0.3) is 0 Å². The minimum atomic E-state index is -0.197. The first-order chi connectivity index (χ1) is 9.56. The predicted molar refractivity (Wildman–Crippen MR) is 82.4 cm³/mol. The Morgan fingerprint density at radius 1 is 1.45 bits per heavy atom. The van der Waals surface area contributed by atoms with Crippen LogP contribution in [0.1, 0.15) is 51.0 Å². The highest BCUT2D eigenvalue weighted by Crippen LogP contribution is 2.32. The van der Waals surface area contributed by atoms with Crippen LogP contribution in [-0.2, 0) is 4.79 Å². The third kappa shape index (κ3) is 3.40. The monoisotopic (exact) mass is 274 g/mol. The summed E-state index contributed by atoms with van der Waals surface area (Å²) in [5.41, 5.74) is 6.83. The van der Waals surface area contributed by atoms with Gasteiger partial charge in [0.1, 0.15) is 0 Å². The molecule has 3 nitrogen and oxygen atoms in total. The van der Waals surface area contributed by atoms with Crippen molar-refractivity contribution >= 4 is 5.91 Å². The van der Waals surface area contributed by atoms with E-state index in [1.807, 2.05) is 37.3 Å². The minimum absolute atomic E-state index is 0.0933. The molecular weight excluding hydrogens is 248 g/mol. The first-order valence-corrected chi connectivity index (χ1v) is 7.63. The second-order valence-corrected chi connectivity index (χ2v) is 6.31. The first-order valence-electron chi connectivity index (χ1n) is 7.63. The fourth-order valence-corrected chi connectivity index (χ4v) is 3.27. The van der Waals surface area contributed by atoms with Gasteiger partial charge in [-0.25, -0.2) is 0 Å². The van der Waals surface area contributed by atoms with Gasteiger partial charge >= 0.3 is 0 Å². The number of amides is 1. The molecule has 3 N–H and O–H groups in total. The number of nitrogens with two attached hydrogens (primary N) is 1. The molecule has 3 atom stereocenters. The maximum atomic E-state index is 12.5. The van der Waals surface area contributed by atoms with E-state index in [4.69, 9.17) is 5.73 Å². The second-order valence-electron chi connectivity index (χ2n) is 6.31. The lowest BCUT2D eigenvalue weighted by molar-refractivity contribution is -0.124. The number of benzene rings is 1. The zero-order valence-electron chi connectivity index (χ0n) is 12.6. The lowest BCUT2D eigenvalue weighted by Gasteiger charge is -2.40. The van der Waals surface area contributed by atoms with E-state index in [1.54, 1.807) is 0 Å². The Morgan fingerprint density at radius 3 is 2.75 bits per heavy atom. The fraction of sp³-hybridized carbons (Fsp3) is 0.588. The Kier molecular flexibility index (Phi) is 4.81. The molecule has 0 bridgehead atoms. The van der Waals surface area contributed by atoms with Gasteiger partial charge in [-0.1, -0.05) is 50.1 Å². The summed E-state index contributed by atoms with van der Waals surface area (Å²) in [7, 11) is 0. The number of hydrogen-bond donors (Lipinski definition) is 2. The predicted octanol–water partition coefficient (Wildman–Crippen LogP) is 2.81. The number of hydrogen-bond acceptors (Lipinski definition) is 2. The Hall–Kier alpha value is -1.35. The van der Waals surface area contributed by atoms with Crippen LogP contribution in [0, 0.1) is 5.92 Å². The van der Waals surface area contributed by atoms with E-state index in [0.717, 1.165) is 24.8 Å². The van der Waals surface area contributed by atoms with Crippen LogP contribution in [0.25, 0.3) is 0 Å². The zero-order chi connectivity index (χ0) is 14.6. The molecule has 20 heavy (non-hydrogen) atoms. The summed E-state index contributed by atoms with van der Waals surface area (Å²) in [6.45, 7) is 4.74. The topological polar surface area (TPSA) is 55.1 Å². The highest BCUT2D eigenvalue weighted by Gasteiger charge is 2.36. The first kappa shape index (κ1) is 15.0. The van der Waals surface area contributed by atoms with Gasteiger partial charge < -0.3 is 11.1 Å². The van der Waals surface area contributed by atoms with Gasteiger partial charge in [0, 0.05) is 6.54 Å². The van der Waals surface area contributed by atoms with Gasteiger partial charge in [0.15, 0.2) is 0 Å². The molecule has 1 saturated carbocycles. The minimum Gasteiger partial charge on any atom is -0.349 e. The average Bonchev–Trinajstić information content (AvgIpc) is 2.47. The van der Waals surface area contributed by atoms with Gasteiger partial charge in [-0.05, 0) is 31.2 Å². The molecule has 0 aromatic heterocycles. The molecular formula is C17H26N2O. The number of rotatable bonds is 4. The molecule has 3 unspecified atom stereocenters. The maximum absolute atomic E-state index is 12.5. The molecule has 1 aromatic carbocycles. The van der Waals surface area contributed by atoms with Crippen LogP contribution >= 0.6 is 0 Å². The van der Waals surface area contributed by atoms with Crippen molar-refractivity contribution in [3.05, 3.63) is 35.9 Å². The molecule has 0 aliphatic heterocycles. The van der Waals surface area contributed by atoms with Crippen LogP contribution in [0.5, 0.6) is 0 Å². The van der Waals surface area contributed by atoms with Crippen LogP contribution in [0.2, 0.25) is 0 Å². The van der Waals surface area contributed by atoms with Crippen molar-refractivity contribution in [1.82, 2.24) is 5.32 Å². The van der Waals surface area contributed by atoms with E-state index in [9.17, 15) is 4.79 Å². The summed E-state index contributed by atoms with van der Waals surface area (Å²) in [6, 6.07) is 9.92. The van der Waals surface area contributed by atoms with Crippen LogP contribution in [0.4, 0.5) is 0 Å². The normalized spacial score (nSPS) is 27.9. The van der Waals surface area contributed by atoms with Gasteiger partial charge in [0.2, 0.25) is 5.91 Å². The molecule has 0 spiro atoms. The molecule has 1 aromatic rings. The van der Waals surface area contributed by atoms with E-state index in [2.05, 4.69) is 12.2 Å². The third-order valence-corrected chi connectivity index (χ3v) is 4.56. The molecule has 1 fully saturated rings. The van der Waals surface area contributed by atoms with Crippen molar-refractivity contribution in [3.8, 4) is 0 Å². The zero-order valence-corrected chi connectivity index (χ0v) is 12.6. The van der Waals surface area contributed by atoms with Crippen LogP contribution in [0.15, 0.2) is 30.3 Å². The smallest absolute Gasteiger partial charge is 0.227 e. The maximum Gasteiger partial charge on any atom is 0.227 e. The third-order valence-electron chi connectivity index (χ3n) is 4.56. The Balaban J connectivity index is 2.06. The summed E-state index contributed by atoms with van der Waals surface area (Å²) in [5, 5.41) is 3.25. The lowest BCUT2D eigenvalue weighted by Crippen LogP contribution is -2.56. The average molecular weight is 274 g/mol. The van der Waals surface area contributed by atoms with E-state index >= 15 is 0 Å². The van der Waals surface area contributed by atoms with Crippen LogP contribution in [-0.4, -0.2) is 18.0 Å². The van der Waals surface area contributed by atoms with Crippen molar-refractivity contribution in [3.63, 3.8) is 0 Å². The van der Waals surface area contributed by atoms with Crippen molar-refractivity contribution in [1.29, 1.82) is 0 Å². The molecule has 0 saturated heterocycles. The van der Waals surface area contributed by atoms with Gasteiger partial charge in [0.05, 0.1) is 11.5 Å². The lowest BCUT2D eigenvalue weighted by atomic mass is 9.76. The van der Waals surface area contributed by atoms with Crippen molar-refractivity contribution < 1.29 is 4.79 Å². The highest BCUT2D eigenvalue weighted by molar-refractivity contribution is 5.83. The Labute approximate surface area is 121 Å².